The van der Waals surface area contributed by atoms with Crippen LogP contribution in [0.15, 0.2) is 24.3 Å². The molecule has 0 aliphatic heterocycles. The molecule has 21 heavy (non-hydrogen) atoms. The van der Waals surface area contributed by atoms with E-state index in [-0.39, 0.29) is 18.3 Å². The first-order valence-corrected chi connectivity index (χ1v) is 7.48. The van der Waals surface area contributed by atoms with Crippen LogP contribution in [0.5, 0.6) is 5.75 Å². The van der Waals surface area contributed by atoms with Gasteiger partial charge in [-0.3, -0.25) is 4.79 Å². The maximum atomic E-state index is 12.0. The summed E-state index contributed by atoms with van der Waals surface area (Å²) in [5.74, 6) is 0.315. The van der Waals surface area contributed by atoms with Crippen molar-refractivity contribution in [2.24, 2.45) is 11.7 Å². The molecule has 5 nitrogen and oxygen atoms in total. The predicted molar refractivity (Wildman–Crippen MR) is 82.9 cm³/mol. The fourth-order valence-electron chi connectivity index (χ4n) is 2.29. The summed E-state index contributed by atoms with van der Waals surface area (Å²) in [5, 5.41) is 21.1. The lowest BCUT2D eigenvalue weighted by Crippen LogP contribution is -2.43. The Morgan fingerprint density at radius 3 is 2.52 bits per heavy atom. The molecule has 1 aromatic rings. The van der Waals surface area contributed by atoms with E-state index in [1.807, 2.05) is 0 Å². The summed E-state index contributed by atoms with van der Waals surface area (Å²) in [5.41, 5.74) is 6.81. The van der Waals surface area contributed by atoms with Gasteiger partial charge in [-0.25, -0.2) is 0 Å². The number of aliphatic hydroxyl groups excluding tert-OH is 1. The number of nitrogens with one attached hydrogen (secondary N) is 1. The highest BCUT2D eigenvalue weighted by Gasteiger charge is 2.16. The Kier molecular flexibility index (Phi) is 7.79. The number of phenolic OH excluding ortho intramolecular Hbond substituents is 1. The van der Waals surface area contributed by atoms with E-state index < -0.39 is 6.04 Å². The van der Waals surface area contributed by atoms with E-state index in [2.05, 4.69) is 12.2 Å². The molecule has 0 aliphatic rings. The molecule has 1 aromatic carbocycles. The molecule has 0 radical (unpaired) electrons. The van der Waals surface area contributed by atoms with E-state index in [0.29, 0.717) is 25.3 Å². The van der Waals surface area contributed by atoms with Crippen LogP contribution in [0, 0.1) is 5.92 Å². The van der Waals surface area contributed by atoms with Crippen LogP contribution in [0.3, 0.4) is 0 Å². The molecule has 5 N–H and O–H groups in total. The minimum Gasteiger partial charge on any atom is -0.508 e. The molecule has 5 heteroatoms. The fourth-order valence-corrected chi connectivity index (χ4v) is 2.29. The SMILES string of the molecule is CCCC(CCO)CNC(=O)C(N)Cc1ccc(O)cc1. The van der Waals surface area contributed by atoms with Crippen LogP contribution in [0.4, 0.5) is 0 Å². The number of benzene rings is 1. The van der Waals surface area contributed by atoms with Gasteiger partial charge in [0.05, 0.1) is 6.04 Å². The van der Waals surface area contributed by atoms with Gasteiger partial charge in [-0.15, -0.1) is 0 Å². The van der Waals surface area contributed by atoms with Crippen molar-refractivity contribution in [2.75, 3.05) is 13.2 Å². The van der Waals surface area contributed by atoms with Crippen molar-refractivity contribution in [1.29, 1.82) is 0 Å². The fraction of sp³-hybridized carbons (Fsp3) is 0.562. The molecule has 0 aliphatic carbocycles. The summed E-state index contributed by atoms with van der Waals surface area (Å²) >= 11 is 0. The van der Waals surface area contributed by atoms with Crippen molar-refractivity contribution in [3.63, 3.8) is 0 Å². The molecular weight excluding hydrogens is 268 g/mol. The van der Waals surface area contributed by atoms with Crippen molar-refractivity contribution in [1.82, 2.24) is 5.32 Å². The Balaban J connectivity index is 2.41. The molecule has 0 bridgehead atoms. The van der Waals surface area contributed by atoms with Crippen LogP contribution in [0.1, 0.15) is 31.7 Å². The molecule has 1 amide bonds. The summed E-state index contributed by atoms with van der Waals surface area (Å²) in [6.07, 6.45) is 3.14. The van der Waals surface area contributed by atoms with Crippen molar-refractivity contribution in [3.8, 4) is 5.75 Å². The Morgan fingerprint density at radius 1 is 1.29 bits per heavy atom. The average molecular weight is 294 g/mol. The first kappa shape index (κ1) is 17.5. The van der Waals surface area contributed by atoms with E-state index >= 15 is 0 Å². The number of carbonyl (C=O) groups is 1. The second kappa shape index (κ2) is 9.37. The summed E-state index contributed by atoms with van der Waals surface area (Å²) in [6, 6.07) is 6.07. The van der Waals surface area contributed by atoms with Gasteiger partial charge in [-0.2, -0.15) is 0 Å². The smallest absolute Gasteiger partial charge is 0.237 e. The summed E-state index contributed by atoms with van der Waals surface area (Å²) in [4.78, 5) is 12.0. The number of hydrogen-bond acceptors (Lipinski definition) is 4. The predicted octanol–water partition coefficient (Wildman–Crippen LogP) is 1.18. The van der Waals surface area contributed by atoms with Gasteiger partial charge in [-0.05, 0) is 42.9 Å². The van der Waals surface area contributed by atoms with Crippen LogP contribution in [0.25, 0.3) is 0 Å². The van der Waals surface area contributed by atoms with Crippen molar-refractivity contribution in [3.05, 3.63) is 29.8 Å². The molecule has 1 rings (SSSR count). The summed E-state index contributed by atoms with van der Waals surface area (Å²) in [6.45, 7) is 2.78. The first-order valence-electron chi connectivity index (χ1n) is 7.48. The molecule has 118 valence electrons. The van der Waals surface area contributed by atoms with Crippen LogP contribution in [-0.2, 0) is 11.2 Å². The monoisotopic (exact) mass is 294 g/mol. The number of aliphatic hydroxyl groups is 1. The van der Waals surface area contributed by atoms with Gasteiger partial charge in [0, 0.05) is 13.2 Å². The highest BCUT2D eigenvalue weighted by Crippen LogP contribution is 2.12. The van der Waals surface area contributed by atoms with Crippen LogP contribution in [0.2, 0.25) is 0 Å². The maximum Gasteiger partial charge on any atom is 0.237 e. The van der Waals surface area contributed by atoms with E-state index in [1.54, 1.807) is 24.3 Å². The third-order valence-electron chi connectivity index (χ3n) is 3.53. The normalized spacial score (nSPS) is 13.7. The number of nitrogens with two attached hydrogens (primary N) is 1. The topological polar surface area (TPSA) is 95.6 Å². The number of amides is 1. The molecule has 0 spiro atoms. The van der Waals surface area contributed by atoms with Crippen molar-refractivity contribution < 1.29 is 15.0 Å². The number of carbonyl (C=O) groups excluding carboxylic acids is 1. The first-order chi connectivity index (χ1) is 10.1. The van der Waals surface area contributed by atoms with Crippen molar-refractivity contribution >= 4 is 5.91 Å². The van der Waals surface area contributed by atoms with Crippen LogP contribution >= 0.6 is 0 Å². The minimum atomic E-state index is -0.606. The Hall–Kier alpha value is -1.59. The Labute approximate surface area is 126 Å². The summed E-state index contributed by atoms with van der Waals surface area (Å²) in [7, 11) is 0. The molecule has 2 atom stereocenters. The molecule has 2 unspecified atom stereocenters. The maximum absolute atomic E-state index is 12.0. The third kappa shape index (κ3) is 6.60. The van der Waals surface area contributed by atoms with E-state index in [0.717, 1.165) is 18.4 Å². The molecule has 0 heterocycles. The standard InChI is InChI=1S/C16H26N2O3/c1-2-3-13(8-9-19)11-18-16(21)15(17)10-12-4-6-14(20)7-5-12/h4-7,13,15,19-20H,2-3,8-11,17H2,1H3,(H,18,21). The lowest BCUT2D eigenvalue weighted by Gasteiger charge is -2.18. The lowest BCUT2D eigenvalue weighted by molar-refractivity contribution is -0.122. The van der Waals surface area contributed by atoms with Gasteiger partial charge in [0.25, 0.3) is 0 Å². The molecule has 0 aromatic heterocycles. The van der Waals surface area contributed by atoms with Gasteiger partial charge < -0.3 is 21.3 Å². The lowest BCUT2D eigenvalue weighted by atomic mass is 10.00. The zero-order chi connectivity index (χ0) is 15.7. The largest absolute Gasteiger partial charge is 0.508 e. The zero-order valence-corrected chi connectivity index (χ0v) is 12.6. The molecule has 0 saturated heterocycles. The average Bonchev–Trinajstić information content (AvgIpc) is 2.47. The second-order valence-corrected chi connectivity index (χ2v) is 5.39. The Morgan fingerprint density at radius 2 is 1.95 bits per heavy atom. The molecule has 0 saturated carbocycles. The number of phenols is 1. The van der Waals surface area contributed by atoms with Gasteiger partial charge >= 0.3 is 0 Å². The number of hydrogen-bond donors (Lipinski definition) is 4. The van der Waals surface area contributed by atoms with E-state index in [1.165, 1.54) is 0 Å². The third-order valence-corrected chi connectivity index (χ3v) is 3.53. The highest BCUT2D eigenvalue weighted by atomic mass is 16.3. The molecule has 0 fully saturated rings. The van der Waals surface area contributed by atoms with Crippen molar-refractivity contribution in [2.45, 2.75) is 38.6 Å². The summed E-state index contributed by atoms with van der Waals surface area (Å²) < 4.78 is 0. The van der Waals surface area contributed by atoms with E-state index in [9.17, 15) is 9.90 Å². The van der Waals surface area contributed by atoms with Gasteiger partial charge in [0.15, 0.2) is 0 Å². The van der Waals surface area contributed by atoms with Gasteiger partial charge in [0.2, 0.25) is 5.91 Å². The Bertz CT molecular complexity index is 414. The zero-order valence-electron chi connectivity index (χ0n) is 12.6. The van der Waals surface area contributed by atoms with Gasteiger partial charge in [-0.1, -0.05) is 25.5 Å². The quantitative estimate of drug-likeness (QED) is 0.550. The minimum absolute atomic E-state index is 0.139. The number of rotatable bonds is 9. The van der Waals surface area contributed by atoms with E-state index in [4.69, 9.17) is 10.8 Å². The molecular formula is C16H26N2O3. The number of aromatic hydroxyl groups is 1. The van der Waals surface area contributed by atoms with Gasteiger partial charge in [0.1, 0.15) is 5.75 Å². The second-order valence-electron chi connectivity index (χ2n) is 5.39. The van der Waals surface area contributed by atoms with Crippen LogP contribution in [-0.4, -0.2) is 35.3 Å². The highest BCUT2D eigenvalue weighted by molar-refractivity contribution is 5.81. The van der Waals surface area contributed by atoms with Crippen LogP contribution < -0.4 is 11.1 Å².